The van der Waals surface area contributed by atoms with Crippen LogP contribution in [0.1, 0.15) is 67.2 Å². The van der Waals surface area contributed by atoms with Gasteiger partial charge in [0, 0.05) is 24.9 Å². The molecule has 43 heavy (non-hydrogen) atoms. The van der Waals surface area contributed by atoms with Gasteiger partial charge in [0.05, 0.1) is 27.4 Å². The van der Waals surface area contributed by atoms with E-state index in [0.29, 0.717) is 36.0 Å². The van der Waals surface area contributed by atoms with Gasteiger partial charge in [0.1, 0.15) is 28.9 Å². The summed E-state index contributed by atoms with van der Waals surface area (Å²) in [5, 5.41) is 14.4. The third kappa shape index (κ3) is 14.6. The smallest absolute Gasteiger partial charge is 0.407 e. The molecule has 0 aliphatic heterocycles. The molecule has 2 aliphatic rings. The van der Waals surface area contributed by atoms with Gasteiger partial charge in [-0.25, -0.2) is 28.3 Å². The number of pyridine rings is 2. The van der Waals surface area contributed by atoms with E-state index in [9.17, 15) is 22.8 Å². The SMILES string of the molecule is CC(C)(C)OC(=O)NC1CC(O)C1.CC(C)(C)OC(=O)NC1CC(Oc2ncc(F)cc2Br)C1.Fc1cnc(F)c(Br)c1. The molecule has 240 valence electrons. The van der Waals surface area contributed by atoms with E-state index >= 15 is 0 Å². The van der Waals surface area contributed by atoms with Crippen molar-refractivity contribution in [2.75, 3.05) is 0 Å². The lowest BCUT2D eigenvalue weighted by Crippen LogP contribution is -2.50. The fourth-order valence-electron chi connectivity index (χ4n) is 3.48. The van der Waals surface area contributed by atoms with E-state index in [1.54, 1.807) is 0 Å². The van der Waals surface area contributed by atoms with Gasteiger partial charge in [-0.2, -0.15) is 4.39 Å². The second kappa shape index (κ2) is 15.9. The molecule has 0 radical (unpaired) electrons. The second-order valence-electron chi connectivity index (χ2n) is 11.9. The lowest BCUT2D eigenvalue weighted by atomic mass is 9.89. The first-order valence-corrected chi connectivity index (χ1v) is 15.0. The number of hydrogen-bond donors (Lipinski definition) is 3. The molecular weight excluding hydrogens is 705 g/mol. The lowest BCUT2D eigenvalue weighted by molar-refractivity contribution is 0.0300. The minimum absolute atomic E-state index is 0.0315. The third-order valence-corrected chi connectivity index (χ3v) is 6.59. The zero-order valence-corrected chi connectivity index (χ0v) is 27.9. The first-order chi connectivity index (χ1) is 19.8. The van der Waals surface area contributed by atoms with Crippen LogP contribution in [0.3, 0.4) is 0 Å². The highest BCUT2D eigenvalue weighted by atomic mass is 79.9. The molecule has 0 spiro atoms. The van der Waals surface area contributed by atoms with Crippen LogP contribution in [0, 0.1) is 17.6 Å². The Morgan fingerprint density at radius 2 is 1.26 bits per heavy atom. The molecule has 15 heteroatoms. The average Bonchev–Trinajstić information content (AvgIpc) is 2.79. The number of aliphatic hydroxyl groups is 1. The molecular formula is C28H37Br2F3N4O6. The van der Waals surface area contributed by atoms with Crippen molar-refractivity contribution in [3.05, 3.63) is 51.1 Å². The number of nitrogens with one attached hydrogen (secondary N) is 2. The highest BCUT2D eigenvalue weighted by molar-refractivity contribution is 9.10. The molecule has 2 saturated carbocycles. The number of hydrogen-bond acceptors (Lipinski definition) is 8. The summed E-state index contributed by atoms with van der Waals surface area (Å²) in [5.74, 6) is -1.32. The molecule has 4 rings (SSSR count). The van der Waals surface area contributed by atoms with E-state index in [1.807, 2.05) is 41.5 Å². The maximum absolute atomic E-state index is 12.9. The number of nitrogens with zero attached hydrogens (tertiary/aromatic N) is 2. The standard InChI is InChI=1S/C14H18BrFN2O3.C9H17NO3.C5H2BrF2N/c1-14(2,3)21-13(19)18-9-5-10(6-9)20-12-11(15)4-8(16)7-17-12;1-9(2,3)13-8(12)10-6-4-7(11)5-6;6-4-1-3(7)2-9-5(4)8/h4,7,9-10H,5-6H2,1-3H3,(H,18,19);6-7,11H,4-5H2,1-3H3,(H,10,12);1-2H. The summed E-state index contributed by atoms with van der Waals surface area (Å²) in [4.78, 5) is 29.7. The van der Waals surface area contributed by atoms with Gasteiger partial charge in [0.2, 0.25) is 11.8 Å². The highest BCUT2D eigenvalue weighted by Crippen LogP contribution is 2.30. The van der Waals surface area contributed by atoms with Crippen molar-refractivity contribution < 1.29 is 42.1 Å². The van der Waals surface area contributed by atoms with Gasteiger partial charge >= 0.3 is 12.2 Å². The molecule has 0 aromatic carbocycles. The van der Waals surface area contributed by atoms with Gasteiger partial charge in [-0.3, -0.25) is 0 Å². The molecule has 0 atom stereocenters. The Hall–Kier alpha value is -2.65. The molecule has 0 saturated heterocycles. The minimum Gasteiger partial charge on any atom is -0.473 e. The Balaban J connectivity index is 0.000000249. The predicted molar refractivity (Wildman–Crippen MR) is 159 cm³/mol. The van der Waals surface area contributed by atoms with E-state index in [1.165, 1.54) is 6.07 Å². The van der Waals surface area contributed by atoms with Crippen LogP contribution in [-0.4, -0.2) is 62.8 Å². The van der Waals surface area contributed by atoms with E-state index in [0.717, 1.165) is 18.5 Å². The number of carbonyl (C=O) groups is 2. The van der Waals surface area contributed by atoms with Crippen LogP contribution in [0.15, 0.2) is 33.5 Å². The maximum Gasteiger partial charge on any atom is 0.407 e. The van der Waals surface area contributed by atoms with Crippen molar-refractivity contribution in [2.24, 2.45) is 0 Å². The minimum atomic E-state index is -0.698. The van der Waals surface area contributed by atoms with Crippen LogP contribution in [0.2, 0.25) is 0 Å². The lowest BCUT2D eigenvalue weighted by Gasteiger charge is -2.35. The van der Waals surface area contributed by atoms with Gasteiger partial charge in [-0.15, -0.1) is 0 Å². The number of alkyl carbamates (subject to hydrolysis) is 2. The Kier molecular flexibility index (Phi) is 13.5. The van der Waals surface area contributed by atoms with E-state index < -0.39 is 41.0 Å². The Bertz CT molecular complexity index is 1230. The first-order valence-electron chi connectivity index (χ1n) is 13.4. The Morgan fingerprint density at radius 3 is 1.65 bits per heavy atom. The van der Waals surface area contributed by atoms with Crippen molar-refractivity contribution in [3.8, 4) is 5.88 Å². The fourth-order valence-corrected chi connectivity index (χ4v) is 4.21. The van der Waals surface area contributed by atoms with Crippen molar-refractivity contribution in [1.82, 2.24) is 20.6 Å². The molecule has 2 amide bonds. The average molecular weight is 742 g/mol. The topological polar surface area (TPSA) is 132 Å². The zero-order valence-electron chi connectivity index (χ0n) is 24.7. The summed E-state index contributed by atoms with van der Waals surface area (Å²) in [6.07, 6.45) is 3.43. The number of rotatable bonds is 4. The number of ether oxygens (including phenoxy) is 3. The molecule has 2 aliphatic carbocycles. The summed E-state index contributed by atoms with van der Waals surface area (Å²) >= 11 is 5.97. The van der Waals surface area contributed by atoms with Crippen LogP contribution in [0.25, 0.3) is 0 Å². The molecule has 2 aromatic rings. The number of aromatic nitrogens is 2. The maximum atomic E-state index is 12.9. The van der Waals surface area contributed by atoms with Crippen molar-refractivity contribution in [2.45, 2.75) is 103 Å². The van der Waals surface area contributed by atoms with Gasteiger partial charge < -0.3 is 30.0 Å². The molecule has 10 nitrogen and oxygen atoms in total. The number of aliphatic hydroxyl groups excluding tert-OH is 1. The number of halogens is 5. The summed E-state index contributed by atoms with van der Waals surface area (Å²) < 4.78 is 53.6. The van der Waals surface area contributed by atoms with Crippen LogP contribution >= 0.6 is 31.9 Å². The summed E-state index contributed by atoms with van der Waals surface area (Å²) in [7, 11) is 0. The van der Waals surface area contributed by atoms with Crippen molar-refractivity contribution in [3.63, 3.8) is 0 Å². The van der Waals surface area contributed by atoms with Gasteiger partial charge in [0.15, 0.2) is 0 Å². The molecule has 0 bridgehead atoms. The zero-order chi connectivity index (χ0) is 32.5. The normalized spacial score (nSPS) is 20.8. The molecule has 2 heterocycles. The first kappa shape index (κ1) is 36.5. The van der Waals surface area contributed by atoms with Gasteiger partial charge in [0.25, 0.3) is 0 Å². The van der Waals surface area contributed by atoms with E-state index in [-0.39, 0.29) is 28.8 Å². The summed E-state index contributed by atoms with van der Waals surface area (Å²) in [6.45, 7) is 10.9. The van der Waals surface area contributed by atoms with E-state index in [4.69, 9.17) is 19.3 Å². The quantitative estimate of drug-likeness (QED) is 0.300. The van der Waals surface area contributed by atoms with Crippen LogP contribution in [0.4, 0.5) is 22.8 Å². The Labute approximate surface area is 265 Å². The Morgan fingerprint density at radius 1 is 0.814 bits per heavy atom. The van der Waals surface area contributed by atoms with Crippen molar-refractivity contribution >= 4 is 44.0 Å². The van der Waals surface area contributed by atoms with Crippen LogP contribution < -0.4 is 15.4 Å². The van der Waals surface area contributed by atoms with Crippen molar-refractivity contribution in [1.29, 1.82) is 0 Å². The summed E-state index contributed by atoms with van der Waals surface area (Å²) in [6, 6.07) is 2.44. The van der Waals surface area contributed by atoms with Gasteiger partial charge in [-0.1, -0.05) is 0 Å². The molecule has 2 fully saturated rings. The van der Waals surface area contributed by atoms with E-state index in [2.05, 4.69) is 52.5 Å². The van der Waals surface area contributed by atoms with Crippen LogP contribution in [0.5, 0.6) is 5.88 Å². The third-order valence-electron chi connectivity index (χ3n) is 5.46. The molecule has 3 N–H and O–H groups in total. The van der Waals surface area contributed by atoms with Gasteiger partial charge in [-0.05, 0) is 98.4 Å². The molecule has 2 aromatic heterocycles. The highest BCUT2D eigenvalue weighted by Gasteiger charge is 2.34. The largest absolute Gasteiger partial charge is 0.473 e. The summed E-state index contributed by atoms with van der Waals surface area (Å²) in [5.41, 5.74) is -0.959. The second-order valence-corrected chi connectivity index (χ2v) is 13.6. The predicted octanol–water partition coefficient (Wildman–Crippen LogP) is 6.57. The van der Waals surface area contributed by atoms with Crippen LogP contribution in [-0.2, 0) is 9.47 Å². The number of amides is 2. The molecule has 0 unspecified atom stereocenters. The monoisotopic (exact) mass is 740 g/mol. The fraction of sp³-hybridized carbons (Fsp3) is 0.571. The number of carbonyl (C=O) groups excluding carboxylic acids is 2.